The minimum absolute atomic E-state index is 0.124. The summed E-state index contributed by atoms with van der Waals surface area (Å²) in [5.41, 5.74) is 3.12. The molecule has 0 fully saturated rings. The smallest absolute Gasteiger partial charge is 0.248 e. The van der Waals surface area contributed by atoms with Gasteiger partial charge in [0.05, 0.1) is 0 Å². The monoisotopic (exact) mass is 312 g/mol. The molecule has 0 aliphatic carbocycles. The fourth-order valence-corrected chi connectivity index (χ4v) is 2.38. The van der Waals surface area contributed by atoms with E-state index in [2.05, 4.69) is 43.1 Å². The van der Waals surface area contributed by atoms with Gasteiger partial charge in [0.25, 0.3) is 0 Å². The van der Waals surface area contributed by atoms with Crippen molar-refractivity contribution < 1.29 is 4.42 Å². The second-order valence-corrected chi connectivity index (χ2v) is 6.69. The Morgan fingerprint density at radius 2 is 1.50 bits per heavy atom. The van der Waals surface area contributed by atoms with Crippen LogP contribution in [0.4, 0.5) is 0 Å². The molecule has 0 radical (unpaired) electrons. The van der Waals surface area contributed by atoms with Crippen LogP contribution in [0.25, 0.3) is 22.9 Å². The third kappa shape index (κ3) is 3.04. The molecule has 0 bridgehead atoms. The van der Waals surface area contributed by atoms with Crippen LogP contribution in [0.2, 0.25) is 5.02 Å². The van der Waals surface area contributed by atoms with Crippen LogP contribution >= 0.6 is 11.6 Å². The van der Waals surface area contributed by atoms with Crippen LogP contribution in [0, 0.1) is 0 Å². The summed E-state index contributed by atoms with van der Waals surface area (Å²) in [7, 11) is 0. The maximum Gasteiger partial charge on any atom is 0.248 e. The van der Waals surface area contributed by atoms with E-state index in [-0.39, 0.29) is 5.41 Å². The number of benzene rings is 2. The number of aromatic nitrogens is 2. The van der Waals surface area contributed by atoms with Gasteiger partial charge < -0.3 is 4.42 Å². The van der Waals surface area contributed by atoms with Gasteiger partial charge in [0.1, 0.15) is 0 Å². The summed E-state index contributed by atoms with van der Waals surface area (Å²) in [5, 5.41) is 8.87. The van der Waals surface area contributed by atoms with E-state index in [1.807, 2.05) is 36.4 Å². The van der Waals surface area contributed by atoms with E-state index in [0.29, 0.717) is 16.8 Å². The topological polar surface area (TPSA) is 38.9 Å². The predicted molar refractivity (Wildman–Crippen MR) is 88.9 cm³/mol. The largest absolute Gasteiger partial charge is 0.416 e. The first-order valence-electron chi connectivity index (χ1n) is 7.14. The Balaban J connectivity index is 1.91. The fourth-order valence-electron chi connectivity index (χ4n) is 2.19. The maximum atomic E-state index is 5.99. The number of nitrogens with zero attached hydrogens (tertiary/aromatic N) is 2. The average Bonchev–Trinajstić information content (AvgIpc) is 2.96. The van der Waals surface area contributed by atoms with Gasteiger partial charge in [-0.25, -0.2) is 0 Å². The third-order valence-electron chi connectivity index (χ3n) is 3.49. The SMILES string of the molecule is CC(C)(C)c1ccc(-c2nnc(-c3cccc(Cl)c3)o2)cc1. The Bertz CT molecular complexity index is 785. The molecule has 0 spiro atoms. The summed E-state index contributed by atoms with van der Waals surface area (Å²) in [5.74, 6) is 0.979. The molecular weight excluding hydrogens is 296 g/mol. The highest BCUT2D eigenvalue weighted by Crippen LogP contribution is 2.28. The number of halogens is 1. The van der Waals surface area contributed by atoms with Crippen molar-refractivity contribution in [1.82, 2.24) is 10.2 Å². The molecule has 22 heavy (non-hydrogen) atoms. The standard InChI is InChI=1S/C18H17ClN2O/c1-18(2,3)14-9-7-12(8-10-14)16-20-21-17(22-16)13-5-4-6-15(19)11-13/h4-11H,1-3H3. The zero-order valence-electron chi connectivity index (χ0n) is 12.8. The minimum Gasteiger partial charge on any atom is -0.416 e. The minimum atomic E-state index is 0.124. The van der Waals surface area contributed by atoms with Gasteiger partial charge in [-0.2, -0.15) is 0 Å². The highest BCUT2D eigenvalue weighted by Gasteiger charge is 2.15. The van der Waals surface area contributed by atoms with E-state index in [1.54, 1.807) is 0 Å². The Morgan fingerprint density at radius 3 is 2.09 bits per heavy atom. The Morgan fingerprint density at radius 1 is 0.864 bits per heavy atom. The zero-order chi connectivity index (χ0) is 15.7. The van der Waals surface area contributed by atoms with Crippen LogP contribution in [0.15, 0.2) is 52.9 Å². The summed E-state index contributed by atoms with van der Waals surface area (Å²) in [6.45, 7) is 6.56. The first-order chi connectivity index (χ1) is 10.4. The molecule has 0 atom stereocenters. The van der Waals surface area contributed by atoms with Gasteiger partial charge in [-0.3, -0.25) is 0 Å². The number of hydrogen-bond donors (Lipinski definition) is 0. The average molecular weight is 313 g/mol. The zero-order valence-corrected chi connectivity index (χ0v) is 13.6. The van der Waals surface area contributed by atoms with Crippen LogP contribution in [-0.2, 0) is 5.41 Å². The predicted octanol–water partition coefficient (Wildman–Crippen LogP) is 5.35. The Hall–Kier alpha value is -2.13. The lowest BCUT2D eigenvalue weighted by Gasteiger charge is -2.18. The second-order valence-electron chi connectivity index (χ2n) is 6.25. The summed E-state index contributed by atoms with van der Waals surface area (Å²) in [6, 6.07) is 15.6. The number of hydrogen-bond acceptors (Lipinski definition) is 3. The van der Waals surface area contributed by atoms with Gasteiger partial charge in [0.15, 0.2) is 0 Å². The quantitative estimate of drug-likeness (QED) is 0.640. The van der Waals surface area contributed by atoms with Gasteiger partial charge in [0.2, 0.25) is 11.8 Å². The van der Waals surface area contributed by atoms with Crippen molar-refractivity contribution in [3.05, 3.63) is 59.1 Å². The molecule has 0 N–H and O–H groups in total. The summed E-state index contributed by atoms with van der Waals surface area (Å²) in [6.07, 6.45) is 0. The van der Waals surface area contributed by atoms with E-state index in [1.165, 1.54) is 5.56 Å². The summed E-state index contributed by atoms with van der Waals surface area (Å²) in [4.78, 5) is 0. The molecule has 0 aliphatic heterocycles. The van der Waals surface area contributed by atoms with Crippen molar-refractivity contribution in [2.45, 2.75) is 26.2 Å². The molecule has 1 aromatic heterocycles. The van der Waals surface area contributed by atoms with Crippen molar-refractivity contribution in [3.63, 3.8) is 0 Å². The van der Waals surface area contributed by atoms with Gasteiger partial charge in [-0.05, 0) is 41.3 Å². The molecule has 0 saturated carbocycles. The molecule has 0 unspecified atom stereocenters. The molecule has 2 aromatic carbocycles. The highest BCUT2D eigenvalue weighted by molar-refractivity contribution is 6.30. The van der Waals surface area contributed by atoms with Gasteiger partial charge in [0, 0.05) is 16.1 Å². The van der Waals surface area contributed by atoms with Gasteiger partial charge >= 0.3 is 0 Å². The van der Waals surface area contributed by atoms with Crippen molar-refractivity contribution >= 4 is 11.6 Å². The molecular formula is C18H17ClN2O. The van der Waals surface area contributed by atoms with Gasteiger partial charge in [-0.15, -0.1) is 10.2 Å². The van der Waals surface area contributed by atoms with Crippen molar-refractivity contribution in [1.29, 1.82) is 0 Å². The maximum absolute atomic E-state index is 5.99. The second kappa shape index (κ2) is 5.58. The van der Waals surface area contributed by atoms with Crippen LogP contribution < -0.4 is 0 Å². The molecule has 3 aromatic rings. The molecule has 1 heterocycles. The van der Waals surface area contributed by atoms with Gasteiger partial charge in [-0.1, -0.05) is 50.6 Å². The van der Waals surface area contributed by atoms with Crippen molar-refractivity contribution in [2.24, 2.45) is 0 Å². The normalized spacial score (nSPS) is 11.6. The van der Waals surface area contributed by atoms with Crippen LogP contribution in [-0.4, -0.2) is 10.2 Å². The summed E-state index contributed by atoms with van der Waals surface area (Å²) >= 11 is 5.99. The first-order valence-corrected chi connectivity index (χ1v) is 7.52. The van der Waals surface area contributed by atoms with E-state index in [9.17, 15) is 0 Å². The molecule has 4 heteroatoms. The highest BCUT2D eigenvalue weighted by atomic mass is 35.5. The van der Waals surface area contributed by atoms with E-state index < -0.39 is 0 Å². The lowest BCUT2D eigenvalue weighted by molar-refractivity contribution is 0.582. The van der Waals surface area contributed by atoms with E-state index >= 15 is 0 Å². The summed E-state index contributed by atoms with van der Waals surface area (Å²) < 4.78 is 5.76. The molecule has 0 amide bonds. The number of rotatable bonds is 2. The lowest BCUT2D eigenvalue weighted by atomic mass is 9.87. The van der Waals surface area contributed by atoms with Crippen LogP contribution in [0.5, 0.6) is 0 Å². The molecule has 0 saturated heterocycles. The molecule has 112 valence electrons. The molecule has 3 nitrogen and oxygen atoms in total. The molecule has 3 rings (SSSR count). The van der Waals surface area contributed by atoms with Crippen molar-refractivity contribution in [2.75, 3.05) is 0 Å². The Kier molecular flexibility index (Phi) is 3.75. The van der Waals surface area contributed by atoms with Crippen LogP contribution in [0.1, 0.15) is 26.3 Å². The first kappa shape index (κ1) is 14.8. The van der Waals surface area contributed by atoms with E-state index in [0.717, 1.165) is 11.1 Å². The van der Waals surface area contributed by atoms with E-state index in [4.69, 9.17) is 16.0 Å². The third-order valence-corrected chi connectivity index (χ3v) is 3.73. The lowest BCUT2D eigenvalue weighted by Crippen LogP contribution is -2.10. The van der Waals surface area contributed by atoms with Crippen LogP contribution in [0.3, 0.4) is 0 Å². The fraction of sp³-hybridized carbons (Fsp3) is 0.222. The van der Waals surface area contributed by atoms with Crippen molar-refractivity contribution in [3.8, 4) is 22.9 Å². The Labute approximate surface area is 135 Å². The molecule has 0 aliphatic rings.